The zero-order chi connectivity index (χ0) is 21.5. The van der Waals surface area contributed by atoms with Gasteiger partial charge in [0.15, 0.2) is 3.16 Å². The van der Waals surface area contributed by atoms with E-state index in [-0.39, 0.29) is 9.27 Å². The van der Waals surface area contributed by atoms with Crippen LogP contribution >= 0.6 is 29.9 Å². The molecule has 0 aromatic heterocycles. The molecule has 0 aliphatic heterocycles. The largest absolute Gasteiger partial charge is 0.388 e. The Hall–Kier alpha value is -1.22. The smallest absolute Gasteiger partial charge is 0.166 e. The molecule has 0 saturated heterocycles. The molecule has 0 spiro atoms. The second-order valence-electron chi connectivity index (χ2n) is 8.07. The zero-order valence-electron chi connectivity index (χ0n) is 18.0. The molecule has 2 unspecified atom stereocenters. The van der Waals surface area contributed by atoms with E-state index in [1.807, 2.05) is 0 Å². The second-order valence-corrected chi connectivity index (χ2v) is 15.0. The Kier molecular flexibility index (Phi) is 8.51. The SMILES string of the molecule is CCCCCCC(O)C(C)(I)[P+](c1ccccc1)(c1ccccc1)c1ccccc1. The minimum atomic E-state index is -2.13. The van der Waals surface area contributed by atoms with Crippen LogP contribution in [0, 0.1) is 0 Å². The fourth-order valence-corrected chi connectivity index (χ4v) is 12.1. The predicted molar refractivity (Wildman–Crippen MR) is 142 cm³/mol. The lowest BCUT2D eigenvalue weighted by molar-refractivity contribution is 0.155. The van der Waals surface area contributed by atoms with Crippen LogP contribution in [0.3, 0.4) is 0 Å². The Morgan fingerprint density at radius 2 is 1.13 bits per heavy atom. The van der Waals surface area contributed by atoms with E-state index in [4.69, 9.17) is 0 Å². The van der Waals surface area contributed by atoms with Crippen molar-refractivity contribution in [3.8, 4) is 0 Å². The number of halogens is 1. The molecule has 30 heavy (non-hydrogen) atoms. The van der Waals surface area contributed by atoms with Crippen LogP contribution in [0.2, 0.25) is 0 Å². The molecule has 0 radical (unpaired) electrons. The van der Waals surface area contributed by atoms with E-state index in [1.165, 1.54) is 35.2 Å². The summed E-state index contributed by atoms with van der Waals surface area (Å²) in [6.07, 6.45) is 5.17. The molecule has 0 aliphatic rings. The highest BCUT2D eigenvalue weighted by molar-refractivity contribution is 14.1. The fourth-order valence-electron chi connectivity index (χ4n) is 4.41. The van der Waals surface area contributed by atoms with E-state index in [1.54, 1.807) is 0 Å². The Morgan fingerprint density at radius 1 is 0.733 bits per heavy atom. The Morgan fingerprint density at radius 3 is 1.50 bits per heavy atom. The highest BCUT2D eigenvalue weighted by Crippen LogP contribution is 2.70. The molecule has 0 aliphatic carbocycles. The summed E-state index contributed by atoms with van der Waals surface area (Å²) >= 11 is 2.59. The first-order valence-corrected chi connectivity index (χ1v) is 13.8. The van der Waals surface area contributed by atoms with Gasteiger partial charge in [0.2, 0.25) is 0 Å². The van der Waals surface area contributed by atoms with Crippen LogP contribution in [-0.4, -0.2) is 14.4 Å². The normalized spacial score (nSPS) is 14.8. The number of unbranched alkanes of at least 4 members (excludes halogenated alkanes) is 3. The Balaban J connectivity index is 2.20. The van der Waals surface area contributed by atoms with Gasteiger partial charge in [-0.25, -0.2) is 0 Å². The maximum Gasteiger partial charge on any atom is 0.166 e. The van der Waals surface area contributed by atoms with Crippen molar-refractivity contribution in [1.29, 1.82) is 0 Å². The van der Waals surface area contributed by atoms with Gasteiger partial charge in [-0.15, -0.1) is 0 Å². The first kappa shape index (κ1) is 23.4. The van der Waals surface area contributed by atoms with Crippen LogP contribution in [0.15, 0.2) is 91.0 Å². The molecule has 2 atom stereocenters. The highest BCUT2D eigenvalue weighted by Gasteiger charge is 2.62. The summed E-state index contributed by atoms with van der Waals surface area (Å²) in [5, 5.41) is 15.6. The average Bonchev–Trinajstić information content (AvgIpc) is 2.79. The molecular weight excluding hydrogens is 498 g/mol. The van der Waals surface area contributed by atoms with Crippen molar-refractivity contribution < 1.29 is 5.11 Å². The topological polar surface area (TPSA) is 20.2 Å². The van der Waals surface area contributed by atoms with E-state index >= 15 is 0 Å². The summed E-state index contributed by atoms with van der Waals surface area (Å²) in [5.74, 6) is 0. The quantitative estimate of drug-likeness (QED) is 0.138. The van der Waals surface area contributed by atoms with Crippen molar-refractivity contribution in [3.05, 3.63) is 91.0 Å². The van der Waals surface area contributed by atoms with Crippen LogP contribution in [0.5, 0.6) is 0 Å². The summed E-state index contributed by atoms with van der Waals surface area (Å²) in [4.78, 5) is 0. The van der Waals surface area contributed by atoms with Crippen molar-refractivity contribution in [3.63, 3.8) is 0 Å². The van der Waals surface area contributed by atoms with Gasteiger partial charge in [-0.1, -0.05) is 87.2 Å². The first-order valence-electron chi connectivity index (χ1n) is 11.0. The van der Waals surface area contributed by atoms with Crippen LogP contribution < -0.4 is 15.9 Å². The van der Waals surface area contributed by atoms with Gasteiger partial charge in [0.1, 0.15) is 29.3 Å². The predicted octanol–water partition coefficient (Wildman–Crippen LogP) is 6.46. The van der Waals surface area contributed by atoms with Crippen molar-refractivity contribution in [2.75, 3.05) is 0 Å². The molecule has 0 bridgehead atoms. The molecular formula is C27H33IOP+. The summed E-state index contributed by atoms with van der Waals surface area (Å²) in [5.41, 5.74) is 0. The zero-order valence-corrected chi connectivity index (χ0v) is 21.1. The van der Waals surface area contributed by atoms with E-state index in [2.05, 4.69) is 127 Å². The van der Waals surface area contributed by atoms with Gasteiger partial charge < -0.3 is 5.11 Å². The molecule has 0 amide bonds. The molecule has 158 valence electrons. The lowest BCUT2D eigenvalue weighted by Crippen LogP contribution is -2.48. The van der Waals surface area contributed by atoms with Crippen molar-refractivity contribution in [2.45, 2.75) is 55.2 Å². The number of hydrogen-bond donors (Lipinski definition) is 1. The maximum atomic E-state index is 11.6. The number of benzene rings is 3. The van der Waals surface area contributed by atoms with Gasteiger partial charge in [-0.05, 0) is 72.3 Å². The minimum Gasteiger partial charge on any atom is -0.388 e. The fraction of sp³-hybridized carbons (Fsp3) is 0.333. The maximum absolute atomic E-state index is 11.6. The summed E-state index contributed by atoms with van der Waals surface area (Å²) in [7, 11) is -2.13. The number of hydrogen-bond acceptors (Lipinski definition) is 1. The van der Waals surface area contributed by atoms with Gasteiger partial charge in [0.05, 0.1) is 0 Å². The standard InChI is InChI=1S/C27H33IOP/c1-3-4-5-15-22-26(29)27(2,28)30(23-16-9-6-10-17-23,24-18-11-7-12-19-24)25-20-13-8-14-21-25/h6-14,16-21,26,29H,3-5,15,22H2,1-2H3/q+1. The van der Waals surface area contributed by atoms with Gasteiger partial charge >= 0.3 is 0 Å². The Labute approximate surface area is 196 Å². The summed E-state index contributed by atoms with van der Waals surface area (Å²) in [6.45, 7) is 4.51. The van der Waals surface area contributed by atoms with Gasteiger partial charge in [0, 0.05) is 0 Å². The lowest BCUT2D eigenvalue weighted by atomic mass is 10.1. The van der Waals surface area contributed by atoms with Crippen molar-refractivity contribution >= 4 is 45.8 Å². The number of aliphatic hydroxyl groups is 1. The number of aliphatic hydroxyl groups excluding tert-OH is 1. The average molecular weight is 531 g/mol. The highest BCUT2D eigenvalue weighted by atomic mass is 127. The molecule has 3 aromatic carbocycles. The monoisotopic (exact) mass is 531 g/mol. The van der Waals surface area contributed by atoms with E-state index in [9.17, 15) is 5.11 Å². The third-order valence-corrected chi connectivity index (χ3v) is 13.7. The molecule has 3 aromatic rings. The minimum absolute atomic E-state index is 0.332. The van der Waals surface area contributed by atoms with E-state index < -0.39 is 7.26 Å². The van der Waals surface area contributed by atoms with Crippen LogP contribution in [0.1, 0.15) is 46.0 Å². The van der Waals surface area contributed by atoms with E-state index in [0.717, 1.165) is 12.8 Å². The lowest BCUT2D eigenvalue weighted by Gasteiger charge is -2.41. The van der Waals surface area contributed by atoms with Gasteiger partial charge in [-0.3, -0.25) is 0 Å². The Bertz CT molecular complexity index is 784. The molecule has 1 nitrogen and oxygen atoms in total. The van der Waals surface area contributed by atoms with Crippen LogP contribution in [-0.2, 0) is 0 Å². The molecule has 0 heterocycles. The van der Waals surface area contributed by atoms with Crippen molar-refractivity contribution in [1.82, 2.24) is 0 Å². The summed E-state index contributed by atoms with van der Waals surface area (Å²) in [6, 6.07) is 32.6. The van der Waals surface area contributed by atoms with Crippen LogP contribution in [0.4, 0.5) is 0 Å². The molecule has 1 N–H and O–H groups in total. The third kappa shape index (κ3) is 4.66. The van der Waals surface area contributed by atoms with Crippen LogP contribution in [0.25, 0.3) is 0 Å². The number of alkyl halides is 1. The first-order chi connectivity index (χ1) is 14.5. The van der Waals surface area contributed by atoms with Gasteiger partial charge in [0.25, 0.3) is 0 Å². The second kappa shape index (κ2) is 10.9. The molecule has 0 fully saturated rings. The number of rotatable bonds is 10. The van der Waals surface area contributed by atoms with E-state index in [0.29, 0.717) is 0 Å². The molecule has 3 rings (SSSR count). The summed E-state index contributed by atoms with van der Waals surface area (Å²) < 4.78 is -0.332. The molecule has 0 saturated carbocycles. The van der Waals surface area contributed by atoms with Gasteiger partial charge in [-0.2, -0.15) is 0 Å². The third-order valence-electron chi connectivity index (χ3n) is 6.03. The van der Waals surface area contributed by atoms with Crippen molar-refractivity contribution in [2.24, 2.45) is 0 Å². The molecule has 3 heteroatoms.